The minimum Gasteiger partial charge on any atom is -0.358 e. The molecule has 0 unspecified atom stereocenters. The quantitative estimate of drug-likeness (QED) is 0.887. The molecule has 1 aromatic rings. The van der Waals surface area contributed by atoms with Gasteiger partial charge in [-0.1, -0.05) is 29.5 Å². The molecule has 0 bridgehead atoms. The van der Waals surface area contributed by atoms with Crippen molar-refractivity contribution >= 4 is 34.1 Å². The summed E-state index contributed by atoms with van der Waals surface area (Å²) in [6.07, 6.45) is 3.08. The van der Waals surface area contributed by atoms with Crippen molar-refractivity contribution < 1.29 is 4.79 Å². The number of hydrogen-bond donors (Lipinski definition) is 2. The van der Waals surface area contributed by atoms with Crippen LogP contribution in [-0.2, 0) is 4.79 Å². The molecule has 1 aliphatic heterocycles. The lowest BCUT2D eigenvalue weighted by atomic mass is 10.2. The summed E-state index contributed by atoms with van der Waals surface area (Å²) < 4.78 is 0.861. The number of aromatic nitrogens is 2. The van der Waals surface area contributed by atoms with E-state index >= 15 is 0 Å². The predicted octanol–water partition coefficient (Wildman–Crippen LogP) is 2.12. The van der Waals surface area contributed by atoms with Crippen molar-refractivity contribution in [2.45, 2.75) is 48.7 Å². The van der Waals surface area contributed by atoms with Gasteiger partial charge in [0.15, 0.2) is 4.34 Å². The van der Waals surface area contributed by atoms with Gasteiger partial charge in [-0.2, -0.15) is 0 Å². The minimum atomic E-state index is -0.0210. The molecule has 0 saturated carbocycles. The van der Waals surface area contributed by atoms with Gasteiger partial charge >= 0.3 is 0 Å². The number of amides is 1. The van der Waals surface area contributed by atoms with Crippen LogP contribution in [0.2, 0.25) is 0 Å². The largest absolute Gasteiger partial charge is 0.358 e. The van der Waals surface area contributed by atoms with Crippen molar-refractivity contribution in [2.75, 3.05) is 11.9 Å². The van der Waals surface area contributed by atoms with Crippen molar-refractivity contribution in [1.29, 1.82) is 0 Å². The molecule has 1 aromatic heterocycles. The zero-order chi connectivity index (χ0) is 13.0. The van der Waals surface area contributed by atoms with E-state index in [1.165, 1.54) is 23.1 Å². The first kappa shape index (κ1) is 13.6. The van der Waals surface area contributed by atoms with Gasteiger partial charge in [0.05, 0.1) is 5.25 Å². The van der Waals surface area contributed by atoms with Gasteiger partial charge in [0.25, 0.3) is 0 Å². The van der Waals surface area contributed by atoms with Crippen LogP contribution in [-0.4, -0.2) is 33.9 Å². The Bertz CT molecular complexity index is 408. The fourth-order valence-electron chi connectivity index (χ4n) is 1.71. The molecule has 0 aromatic carbocycles. The zero-order valence-corrected chi connectivity index (χ0v) is 12.2. The van der Waals surface area contributed by atoms with Crippen LogP contribution in [0, 0.1) is 0 Å². The van der Waals surface area contributed by atoms with Crippen LogP contribution < -0.4 is 10.6 Å². The zero-order valence-electron chi connectivity index (χ0n) is 10.6. The number of rotatable bonds is 4. The Labute approximate surface area is 115 Å². The van der Waals surface area contributed by atoms with E-state index in [1.54, 1.807) is 0 Å². The lowest BCUT2D eigenvalue weighted by Crippen LogP contribution is -2.30. The van der Waals surface area contributed by atoms with Crippen LogP contribution in [0.3, 0.4) is 0 Å². The molecule has 0 radical (unpaired) electrons. The van der Waals surface area contributed by atoms with Crippen molar-refractivity contribution in [3.63, 3.8) is 0 Å². The molecule has 0 aliphatic carbocycles. The Kier molecular flexibility index (Phi) is 4.82. The highest BCUT2D eigenvalue weighted by Gasteiger charge is 2.23. The van der Waals surface area contributed by atoms with E-state index in [1.807, 2.05) is 0 Å². The maximum Gasteiger partial charge on any atom is 0.233 e. The molecule has 7 heteroatoms. The standard InChI is InChI=1S/C11H18N4OS2/c1-7(2)13-10-14-15-11(18-10)17-8-5-3-4-6-12-9(8)16/h7-8H,3-6H2,1-2H3,(H,12,16)(H,13,14)/t8-/m0/s1. The van der Waals surface area contributed by atoms with E-state index < -0.39 is 0 Å². The normalized spacial score (nSPS) is 20.6. The first-order valence-electron chi connectivity index (χ1n) is 6.19. The second kappa shape index (κ2) is 6.38. The van der Waals surface area contributed by atoms with Gasteiger partial charge in [0, 0.05) is 12.6 Å². The second-order valence-electron chi connectivity index (χ2n) is 4.57. The lowest BCUT2D eigenvalue weighted by Gasteiger charge is -2.09. The van der Waals surface area contributed by atoms with Gasteiger partial charge in [-0.3, -0.25) is 4.79 Å². The average Bonchev–Trinajstić information content (AvgIpc) is 2.63. The van der Waals surface area contributed by atoms with Crippen LogP contribution in [0.1, 0.15) is 33.1 Å². The summed E-state index contributed by atoms with van der Waals surface area (Å²) in [5.74, 6) is 0.131. The summed E-state index contributed by atoms with van der Waals surface area (Å²) in [5.41, 5.74) is 0. The van der Waals surface area contributed by atoms with Gasteiger partial charge in [0.2, 0.25) is 11.0 Å². The Morgan fingerprint density at radius 3 is 3.06 bits per heavy atom. The van der Waals surface area contributed by atoms with Crippen LogP contribution in [0.15, 0.2) is 4.34 Å². The highest BCUT2D eigenvalue weighted by Crippen LogP contribution is 2.32. The third kappa shape index (κ3) is 3.84. The van der Waals surface area contributed by atoms with Gasteiger partial charge in [0.1, 0.15) is 0 Å². The monoisotopic (exact) mass is 286 g/mol. The highest BCUT2D eigenvalue weighted by molar-refractivity contribution is 8.02. The summed E-state index contributed by atoms with van der Waals surface area (Å²) in [5, 5.41) is 15.1. The Morgan fingerprint density at radius 2 is 2.28 bits per heavy atom. The number of carbonyl (C=O) groups excluding carboxylic acids is 1. The minimum absolute atomic E-state index is 0.0210. The molecular weight excluding hydrogens is 268 g/mol. The molecule has 100 valence electrons. The average molecular weight is 286 g/mol. The van der Waals surface area contributed by atoms with Crippen LogP contribution in [0.25, 0.3) is 0 Å². The summed E-state index contributed by atoms with van der Waals surface area (Å²) in [7, 11) is 0. The van der Waals surface area contributed by atoms with Crippen molar-refractivity contribution in [3.05, 3.63) is 0 Å². The fraction of sp³-hybridized carbons (Fsp3) is 0.727. The van der Waals surface area contributed by atoms with Crippen LogP contribution in [0.5, 0.6) is 0 Å². The number of thioether (sulfide) groups is 1. The van der Waals surface area contributed by atoms with Crippen molar-refractivity contribution in [1.82, 2.24) is 15.5 Å². The lowest BCUT2D eigenvalue weighted by molar-refractivity contribution is -0.120. The van der Waals surface area contributed by atoms with Gasteiger partial charge in [-0.05, 0) is 26.7 Å². The molecule has 0 spiro atoms. The second-order valence-corrected chi connectivity index (χ2v) is 6.99. The summed E-state index contributed by atoms with van der Waals surface area (Å²) in [6.45, 7) is 4.92. The summed E-state index contributed by atoms with van der Waals surface area (Å²) >= 11 is 3.04. The predicted molar refractivity (Wildman–Crippen MR) is 75.2 cm³/mol. The summed E-state index contributed by atoms with van der Waals surface area (Å²) in [4.78, 5) is 11.8. The van der Waals surface area contributed by atoms with E-state index in [-0.39, 0.29) is 11.2 Å². The number of nitrogens with zero attached hydrogens (tertiary/aromatic N) is 2. The van der Waals surface area contributed by atoms with E-state index in [0.717, 1.165) is 35.3 Å². The molecule has 2 N–H and O–H groups in total. The van der Waals surface area contributed by atoms with E-state index in [9.17, 15) is 4.79 Å². The Morgan fingerprint density at radius 1 is 1.44 bits per heavy atom. The van der Waals surface area contributed by atoms with E-state index in [2.05, 4.69) is 34.7 Å². The van der Waals surface area contributed by atoms with Gasteiger partial charge < -0.3 is 10.6 Å². The molecule has 2 rings (SSSR count). The molecule has 5 nitrogen and oxygen atoms in total. The Hall–Kier alpha value is -0.820. The fourth-order valence-corrected chi connectivity index (χ4v) is 3.92. The number of hydrogen-bond acceptors (Lipinski definition) is 6. The molecule has 1 amide bonds. The molecule has 2 heterocycles. The number of nitrogens with one attached hydrogen (secondary N) is 2. The maximum atomic E-state index is 11.8. The van der Waals surface area contributed by atoms with Gasteiger partial charge in [-0.15, -0.1) is 10.2 Å². The SMILES string of the molecule is CC(C)Nc1nnc(S[C@H]2CCCCNC2=O)s1. The van der Waals surface area contributed by atoms with E-state index in [4.69, 9.17) is 0 Å². The van der Waals surface area contributed by atoms with Crippen LogP contribution in [0.4, 0.5) is 5.13 Å². The molecule has 1 atom stereocenters. The van der Waals surface area contributed by atoms with E-state index in [0.29, 0.717) is 6.04 Å². The third-order valence-corrected chi connectivity index (χ3v) is 4.75. The molecular formula is C11H18N4OS2. The van der Waals surface area contributed by atoms with Gasteiger partial charge in [-0.25, -0.2) is 0 Å². The Balaban J connectivity index is 1.95. The first-order chi connectivity index (χ1) is 8.65. The first-order valence-corrected chi connectivity index (χ1v) is 7.89. The van der Waals surface area contributed by atoms with Crippen LogP contribution >= 0.6 is 23.1 Å². The highest BCUT2D eigenvalue weighted by atomic mass is 32.2. The number of carbonyl (C=O) groups is 1. The number of anilines is 1. The molecule has 18 heavy (non-hydrogen) atoms. The third-order valence-electron chi connectivity index (χ3n) is 2.55. The molecule has 1 fully saturated rings. The van der Waals surface area contributed by atoms with Crippen molar-refractivity contribution in [3.8, 4) is 0 Å². The molecule has 1 saturated heterocycles. The smallest absolute Gasteiger partial charge is 0.233 e. The maximum absolute atomic E-state index is 11.8. The van der Waals surface area contributed by atoms with Crippen molar-refractivity contribution in [2.24, 2.45) is 0 Å². The summed E-state index contributed by atoms with van der Waals surface area (Å²) in [6, 6.07) is 0.344. The molecule has 1 aliphatic rings. The topological polar surface area (TPSA) is 66.9 Å².